The molecule has 0 unspecified atom stereocenters. The zero-order valence-electron chi connectivity index (χ0n) is 19.8. The van der Waals surface area contributed by atoms with Gasteiger partial charge in [-0.2, -0.15) is 0 Å². The fourth-order valence-corrected chi connectivity index (χ4v) is 4.39. The van der Waals surface area contributed by atoms with Crippen molar-refractivity contribution in [1.82, 2.24) is 25.0 Å². The number of nitrogens with zero attached hydrogens (tertiary/aromatic N) is 4. The summed E-state index contributed by atoms with van der Waals surface area (Å²) in [5.41, 5.74) is 1.88. The summed E-state index contributed by atoms with van der Waals surface area (Å²) >= 11 is 0. The van der Waals surface area contributed by atoms with E-state index in [1.165, 1.54) is 9.58 Å². The van der Waals surface area contributed by atoms with Gasteiger partial charge in [0.1, 0.15) is 6.04 Å². The number of carbonyl (C=O) groups is 3. The maximum Gasteiger partial charge on any atom is 0.326 e. The van der Waals surface area contributed by atoms with E-state index in [1.54, 1.807) is 38.4 Å². The molecule has 1 atom stereocenters. The van der Waals surface area contributed by atoms with Gasteiger partial charge in [-0.05, 0) is 36.6 Å². The largest absolute Gasteiger partial charge is 0.480 e. The standard InChI is InChI=1S/C26H29N5O4/c1-30(2)25(33)19-12-14-20(15-13-19)31-23(18-10-4-3-5-11-18)28-22(29-31)24(32)27-21(26(34)35)16-17-8-6-7-9-17/h3-5,10-15,17,21H,6-9,16H2,1-2H3,(H,27,32)(H,34,35)/t21-/m1/s1. The van der Waals surface area contributed by atoms with E-state index < -0.39 is 17.9 Å². The molecule has 2 aromatic carbocycles. The van der Waals surface area contributed by atoms with Crippen molar-refractivity contribution in [3.8, 4) is 17.1 Å². The molecule has 0 bridgehead atoms. The predicted octanol–water partition coefficient (Wildman–Crippen LogP) is 3.40. The number of aliphatic carboxylic acids is 1. The molecule has 9 heteroatoms. The highest BCUT2D eigenvalue weighted by Gasteiger charge is 2.28. The van der Waals surface area contributed by atoms with Gasteiger partial charge in [0.25, 0.3) is 11.8 Å². The van der Waals surface area contributed by atoms with Crippen molar-refractivity contribution in [2.24, 2.45) is 5.92 Å². The third-order valence-corrected chi connectivity index (χ3v) is 6.25. The molecule has 2 amide bonds. The van der Waals surface area contributed by atoms with Crippen LogP contribution in [0.4, 0.5) is 0 Å². The zero-order valence-corrected chi connectivity index (χ0v) is 19.8. The molecule has 0 saturated heterocycles. The molecule has 1 aliphatic rings. The topological polar surface area (TPSA) is 117 Å². The number of nitrogens with one attached hydrogen (secondary N) is 1. The lowest BCUT2D eigenvalue weighted by molar-refractivity contribution is -0.139. The van der Waals surface area contributed by atoms with Gasteiger partial charge in [0.2, 0.25) is 5.82 Å². The normalized spacial score (nSPS) is 14.5. The molecule has 0 radical (unpaired) electrons. The number of benzene rings is 2. The van der Waals surface area contributed by atoms with E-state index in [1.807, 2.05) is 30.3 Å². The molecule has 9 nitrogen and oxygen atoms in total. The second kappa shape index (κ2) is 10.5. The SMILES string of the molecule is CN(C)C(=O)c1ccc(-n2nc(C(=O)N[C@H](CC3CCCC3)C(=O)O)nc2-c2ccccc2)cc1. The lowest BCUT2D eigenvalue weighted by atomic mass is 9.98. The lowest BCUT2D eigenvalue weighted by Gasteiger charge is -2.17. The number of carbonyl (C=O) groups excluding carboxylic acids is 2. The minimum Gasteiger partial charge on any atom is -0.480 e. The molecular formula is C26H29N5O4. The van der Waals surface area contributed by atoms with Crippen LogP contribution >= 0.6 is 0 Å². The Bertz CT molecular complexity index is 1200. The summed E-state index contributed by atoms with van der Waals surface area (Å²) in [6.45, 7) is 0. The van der Waals surface area contributed by atoms with Crippen LogP contribution in [0.1, 0.15) is 53.1 Å². The fraction of sp³-hybridized carbons (Fsp3) is 0.346. The van der Waals surface area contributed by atoms with Gasteiger partial charge in [-0.3, -0.25) is 9.59 Å². The first-order valence-electron chi connectivity index (χ1n) is 11.7. The molecule has 3 aromatic rings. The Labute approximate surface area is 203 Å². The van der Waals surface area contributed by atoms with Crippen LogP contribution in [-0.2, 0) is 4.79 Å². The van der Waals surface area contributed by atoms with E-state index in [9.17, 15) is 19.5 Å². The van der Waals surface area contributed by atoms with Crippen molar-refractivity contribution >= 4 is 17.8 Å². The summed E-state index contributed by atoms with van der Waals surface area (Å²) in [6.07, 6.45) is 4.55. The maximum absolute atomic E-state index is 13.0. The zero-order chi connectivity index (χ0) is 24.9. The molecule has 0 aliphatic heterocycles. The predicted molar refractivity (Wildman–Crippen MR) is 130 cm³/mol. The second-order valence-corrected chi connectivity index (χ2v) is 9.03. The van der Waals surface area contributed by atoms with E-state index >= 15 is 0 Å². The molecule has 1 aromatic heterocycles. The number of amides is 2. The highest BCUT2D eigenvalue weighted by atomic mass is 16.4. The van der Waals surface area contributed by atoms with E-state index in [2.05, 4.69) is 15.4 Å². The Morgan fingerprint density at radius 1 is 1.06 bits per heavy atom. The monoisotopic (exact) mass is 475 g/mol. The molecule has 182 valence electrons. The van der Waals surface area contributed by atoms with Crippen LogP contribution in [0.3, 0.4) is 0 Å². The van der Waals surface area contributed by atoms with Crippen LogP contribution in [0.25, 0.3) is 17.1 Å². The minimum atomic E-state index is -1.06. The van der Waals surface area contributed by atoms with E-state index in [0.29, 0.717) is 29.4 Å². The number of carboxylic acid groups (broad SMARTS) is 1. The number of hydrogen-bond donors (Lipinski definition) is 2. The molecule has 1 aliphatic carbocycles. The smallest absolute Gasteiger partial charge is 0.326 e. The Morgan fingerprint density at radius 3 is 2.31 bits per heavy atom. The van der Waals surface area contributed by atoms with Gasteiger partial charge in [0, 0.05) is 25.2 Å². The van der Waals surface area contributed by atoms with E-state index in [0.717, 1.165) is 31.2 Å². The fourth-order valence-electron chi connectivity index (χ4n) is 4.39. The first kappa shape index (κ1) is 24.1. The van der Waals surface area contributed by atoms with Gasteiger partial charge in [-0.25, -0.2) is 14.5 Å². The summed E-state index contributed by atoms with van der Waals surface area (Å²) < 4.78 is 1.53. The summed E-state index contributed by atoms with van der Waals surface area (Å²) in [4.78, 5) is 43.0. The van der Waals surface area contributed by atoms with E-state index in [-0.39, 0.29) is 11.7 Å². The number of aromatic nitrogens is 3. The molecule has 35 heavy (non-hydrogen) atoms. The molecular weight excluding hydrogens is 446 g/mol. The number of hydrogen-bond acceptors (Lipinski definition) is 5. The quantitative estimate of drug-likeness (QED) is 0.516. The second-order valence-electron chi connectivity index (χ2n) is 9.03. The van der Waals surface area contributed by atoms with Crippen molar-refractivity contribution in [1.29, 1.82) is 0 Å². The average Bonchev–Trinajstić information content (AvgIpc) is 3.54. The third kappa shape index (κ3) is 5.56. The van der Waals surface area contributed by atoms with Crippen molar-refractivity contribution in [3.63, 3.8) is 0 Å². The van der Waals surface area contributed by atoms with Crippen LogP contribution < -0.4 is 5.32 Å². The molecule has 0 spiro atoms. The highest BCUT2D eigenvalue weighted by molar-refractivity contribution is 5.94. The van der Waals surface area contributed by atoms with Crippen LogP contribution in [0.15, 0.2) is 54.6 Å². The third-order valence-electron chi connectivity index (χ3n) is 6.25. The molecule has 1 fully saturated rings. The van der Waals surface area contributed by atoms with Crippen LogP contribution in [0, 0.1) is 5.92 Å². The van der Waals surface area contributed by atoms with Gasteiger partial charge < -0.3 is 15.3 Å². The lowest BCUT2D eigenvalue weighted by Crippen LogP contribution is -2.42. The van der Waals surface area contributed by atoms with Gasteiger partial charge in [-0.15, -0.1) is 5.10 Å². The van der Waals surface area contributed by atoms with Crippen LogP contribution in [-0.4, -0.2) is 62.7 Å². The first-order valence-corrected chi connectivity index (χ1v) is 11.7. The minimum absolute atomic E-state index is 0.116. The van der Waals surface area contributed by atoms with Crippen molar-refractivity contribution in [3.05, 3.63) is 66.0 Å². The van der Waals surface area contributed by atoms with Gasteiger partial charge in [0.15, 0.2) is 5.82 Å². The van der Waals surface area contributed by atoms with Crippen molar-refractivity contribution in [2.75, 3.05) is 14.1 Å². The number of rotatable bonds is 8. The summed E-state index contributed by atoms with van der Waals surface area (Å²) in [5.74, 6) is -1.20. The summed E-state index contributed by atoms with van der Waals surface area (Å²) in [5, 5.41) is 16.7. The molecule has 2 N–H and O–H groups in total. The maximum atomic E-state index is 13.0. The molecule has 4 rings (SSSR count). The molecule has 1 saturated carbocycles. The van der Waals surface area contributed by atoms with Crippen LogP contribution in [0.5, 0.6) is 0 Å². The van der Waals surface area contributed by atoms with Crippen molar-refractivity contribution in [2.45, 2.75) is 38.1 Å². The van der Waals surface area contributed by atoms with Crippen molar-refractivity contribution < 1.29 is 19.5 Å². The Morgan fingerprint density at radius 2 is 1.71 bits per heavy atom. The summed E-state index contributed by atoms with van der Waals surface area (Å²) in [7, 11) is 3.37. The first-order chi connectivity index (χ1) is 16.8. The summed E-state index contributed by atoms with van der Waals surface area (Å²) in [6, 6.07) is 15.2. The van der Waals surface area contributed by atoms with Gasteiger partial charge in [-0.1, -0.05) is 56.0 Å². The van der Waals surface area contributed by atoms with Gasteiger partial charge >= 0.3 is 5.97 Å². The molecule has 1 heterocycles. The van der Waals surface area contributed by atoms with E-state index in [4.69, 9.17) is 0 Å². The Kier molecular flexibility index (Phi) is 7.24. The van der Waals surface area contributed by atoms with Gasteiger partial charge in [0.05, 0.1) is 5.69 Å². The Hall–Kier alpha value is -4.01. The highest BCUT2D eigenvalue weighted by Crippen LogP contribution is 2.29. The Balaban J connectivity index is 1.64. The number of carboxylic acids is 1. The average molecular weight is 476 g/mol. The van der Waals surface area contributed by atoms with Crippen LogP contribution in [0.2, 0.25) is 0 Å².